The molecular formula is C10H8N2O2. The Labute approximate surface area is 81.2 Å². The second-order valence-corrected chi connectivity index (χ2v) is 2.82. The zero-order chi connectivity index (χ0) is 10.6. The van der Waals surface area contributed by atoms with Crippen molar-refractivity contribution in [3.8, 4) is 6.07 Å². The largest absolute Gasteiger partial charge is 0.270 e. The molecule has 0 unspecified atom stereocenters. The summed E-state index contributed by atoms with van der Waals surface area (Å²) >= 11 is 0. The predicted molar refractivity (Wildman–Crippen MR) is 52.5 cm³/mol. The summed E-state index contributed by atoms with van der Waals surface area (Å²) in [6, 6.07) is 6.53. The molecule has 70 valence electrons. The summed E-state index contributed by atoms with van der Waals surface area (Å²) < 4.78 is 0. The molecule has 4 heteroatoms. The average Bonchev–Trinajstić information content (AvgIpc) is 2.14. The van der Waals surface area contributed by atoms with Gasteiger partial charge in [-0.05, 0) is 24.1 Å². The number of allylic oxidation sites excluding steroid dienone is 1. The molecule has 1 aromatic carbocycles. The maximum atomic E-state index is 10.5. The van der Waals surface area contributed by atoms with E-state index in [0.717, 1.165) is 5.56 Å². The normalized spacial score (nSPS) is 10.0. The number of aryl methyl sites for hydroxylation is 1. The number of non-ortho nitro benzene ring substituents is 1. The Hall–Kier alpha value is -2.15. The SMILES string of the molecule is Cc1cc(/C=C\C#N)cc([N+](=O)[O-])c1. The topological polar surface area (TPSA) is 66.9 Å². The Morgan fingerprint density at radius 2 is 2.21 bits per heavy atom. The van der Waals surface area contributed by atoms with Crippen LogP contribution in [0.1, 0.15) is 11.1 Å². The number of hydrogen-bond donors (Lipinski definition) is 0. The molecule has 0 radical (unpaired) electrons. The van der Waals surface area contributed by atoms with Gasteiger partial charge in [0.2, 0.25) is 0 Å². The molecule has 0 bridgehead atoms. The molecule has 0 spiro atoms. The maximum absolute atomic E-state index is 10.5. The molecule has 1 aromatic rings. The third-order valence-corrected chi connectivity index (χ3v) is 1.65. The molecule has 0 saturated heterocycles. The smallest absolute Gasteiger partial charge is 0.258 e. The lowest BCUT2D eigenvalue weighted by Gasteiger charge is -1.96. The summed E-state index contributed by atoms with van der Waals surface area (Å²) in [7, 11) is 0. The summed E-state index contributed by atoms with van der Waals surface area (Å²) in [5.41, 5.74) is 1.51. The van der Waals surface area contributed by atoms with Gasteiger partial charge in [-0.1, -0.05) is 6.07 Å². The third kappa shape index (κ3) is 2.42. The minimum absolute atomic E-state index is 0.0441. The summed E-state index contributed by atoms with van der Waals surface area (Å²) in [6.07, 6.45) is 2.83. The van der Waals surface area contributed by atoms with Crippen LogP contribution in [0.3, 0.4) is 0 Å². The van der Waals surface area contributed by atoms with Crippen molar-refractivity contribution in [3.63, 3.8) is 0 Å². The zero-order valence-corrected chi connectivity index (χ0v) is 7.60. The van der Waals surface area contributed by atoms with Crippen molar-refractivity contribution >= 4 is 11.8 Å². The molecule has 1 rings (SSSR count). The van der Waals surface area contributed by atoms with Crippen LogP contribution in [0.5, 0.6) is 0 Å². The van der Waals surface area contributed by atoms with Crippen LogP contribution in [0, 0.1) is 28.4 Å². The third-order valence-electron chi connectivity index (χ3n) is 1.65. The van der Waals surface area contributed by atoms with Crippen LogP contribution >= 0.6 is 0 Å². The van der Waals surface area contributed by atoms with Crippen molar-refractivity contribution < 1.29 is 4.92 Å². The number of nitro groups is 1. The molecule has 0 atom stereocenters. The molecule has 0 heterocycles. The first-order valence-corrected chi connectivity index (χ1v) is 3.96. The number of hydrogen-bond acceptors (Lipinski definition) is 3. The number of rotatable bonds is 2. The Morgan fingerprint density at radius 3 is 2.79 bits per heavy atom. The Bertz CT molecular complexity index is 430. The highest BCUT2D eigenvalue weighted by atomic mass is 16.6. The van der Waals surface area contributed by atoms with Gasteiger partial charge in [-0.25, -0.2) is 0 Å². The first-order valence-electron chi connectivity index (χ1n) is 3.96. The summed E-state index contributed by atoms with van der Waals surface area (Å²) in [5, 5.41) is 18.8. The quantitative estimate of drug-likeness (QED) is 0.406. The van der Waals surface area contributed by atoms with Gasteiger partial charge >= 0.3 is 0 Å². The lowest BCUT2D eigenvalue weighted by molar-refractivity contribution is -0.384. The first-order chi connectivity index (χ1) is 6.63. The van der Waals surface area contributed by atoms with Gasteiger partial charge < -0.3 is 0 Å². The molecule has 0 saturated carbocycles. The van der Waals surface area contributed by atoms with Gasteiger partial charge in [-0.2, -0.15) is 5.26 Å². The Morgan fingerprint density at radius 1 is 1.50 bits per heavy atom. The highest BCUT2D eigenvalue weighted by molar-refractivity contribution is 5.56. The standard InChI is InChI=1S/C10H8N2O2/c1-8-5-9(3-2-4-11)7-10(6-8)12(13)14/h2-3,5-7H,1H3/b3-2-. The predicted octanol–water partition coefficient (Wildman–Crippen LogP) is 2.44. The van der Waals surface area contributed by atoms with E-state index >= 15 is 0 Å². The molecule has 0 aromatic heterocycles. The number of nitro benzene ring substituents is 1. The van der Waals surface area contributed by atoms with Crippen LogP contribution in [0.2, 0.25) is 0 Å². The molecule has 0 aliphatic carbocycles. The minimum Gasteiger partial charge on any atom is -0.258 e. The molecule has 4 nitrogen and oxygen atoms in total. The molecule has 0 aliphatic rings. The van der Waals surface area contributed by atoms with E-state index in [1.165, 1.54) is 18.2 Å². The minimum atomic E-state index is -0.448. The van der Waals surface area contributed by atoms with Gasteiger partial charge in [0, 0.05) is 18.2 Å². The highest BCUT2D eigenvalue weighted by Crippen LogP contribution is 2.17. The van der Waals surface area contributed by atoms with E-state index in [9.17, 15) is 10.1 Å². The molecule has 0 amide bonds. The lowest BCUT2D eigenvalue weighted by Crippen LogP contribution is -1.89. The second kappa shape index (κ2) is 4.19. The zero-order valence-electron chi connectivity index (χ0n) is 7.60. The van der Waals surface area contributed by atoms with Crippen molar-refractivity contribution in [2.24, 2.45) is 0 Å². The van der Waals surface area contributed by atoms with E-state index in [0.29, 0.717) is 5.56 Å². The van der Waals surface area contributed by atoms with Crippen molar-refractivity contribution in [1.29, 1.82) is 5.26 Å². The lowest BCUT2D eigenvalue weighted by atomic mass is 10.1. The first kappa shape index (κ1) is 9.93. The highest BCUT2D eigenvalue weighted by Gasteiger charge is 2.05. The maximum Gasteiger partial charge on any atom is 0.270 e. The van der Waals surface area contributed by atoms with Crippen molar-refractivity contribution in [1.82, 2.24) is 0 Å². The Kier molecular flexibility index (Phi) is 2.97. The van der Waals surface area contributed by atoms with Crippen LogP contribution in [0.4, 0.5) is 5.69 Å². The van der Waals surface area contributed by atoms with Gasteiger partial charge in [0.1, 0.15) is 0 Å². The molecule has 14 heavy (non-hydrogen) atoms. The number of nitrogens with zero attached hydrogens (tertiary/aromatic N) is 2. The molecule has 0 N–H and O–H groups in total. The van der Waals surface area contributed by atoms with E-state index in [2.05, 4.69) is 0 Å². The molecule has 0 fully saturated rings. The summed E-state index contributed by atoms with van der Waals surface area (Å²) in [6.45, 7) is 1.77. The van der Waals surface area contributed by atoms with Gasteiger partial charge in [0.05, 0.1) is 11.0 Å². The van der Waals surface area contributed by atoms with Gasteiger partial charge in [0.15, 0.2) is 0 Å². The van der Waals surface area contributed by atoms with Crippen LogP contribution in [0.25, 0.3) is 6.08 Å². The van der Waals surface area contributed by atoms with Crippen LogP contribution in [-0.4, -0.2) is 4.92 Å². The molecule has 0 aliphatic heterocycles. The van der Waals surface area contributed by atoms with E-state index < -0.39 is 4.92 Å². The number of benzene rings is 1. The fourth-order valence-corrected chi connectivity index (χ4v) is 1.13. The second-order valence-electron chi connectivity index (χ2n) is 2.82. The average molecular weight is 188 g/mol. The van der Waals surface area contributed by atoms with E-state index in [1.54, 1.807) is 19.1 Å². The van der Waals surface area contributed by atoms with Gasteiger partial charge in [-0.3, -0.25) is 10.1 Å². The monoisotopic (exact) mass is 188 g/mol. The fourth-order valence-electron chi connectivity index (χ4n) is 1.13. The summed E-state index contributed by atoms with van der Waals surface area (Å²) in [5.74, 6) is 0. The Balaban J connectivity index is 3.15. The van der Waals surface area contributed by atoms with E-state index in [-0.39, 0.29) is 5.69 Å². The van der Waals surface area contributed by atoms with E-state index in [4.69, 9.17) is 5.26 Å². The van der Waals surface area contributed by atoms with Crippen molar-refractivity contribution in [2.75, 3.05) is 0 Å². The number of nitriles is 1. The van der Waals surface area contributed by atoms with Gasteiger partial charge in [0.25, 0.3) is 5.69 Å². The molecular weight excluding hydrogens is 180 g/mol. The van der Waals surface area contributed by atoms with E-state index in [1.807, 2.05) is 6.07 Å². The summed E-state index contributed by atoms with van der Waals surface area (Å²) in [4.78, 5) is 10.0. The van der Waals surface area contributed by atoms with Crippen LogP contribution < -0.4 is 0 Å². The fraction of sp³-hybridized carbons (Fsp3) is 0.100. The van der Waals surface area contributed by atoms with Crippen LogP contribution in [-0.2, 0) is 0 Å². The van der Waals surface area contributed by atoms with Crippen molar-refractivity contribution in [2.45, 2.75) is 6.92 Å². The van der Waals surface area contributed by atoms with Gasteiger partial charge in [-0.15, -0.1) is 0 Å². The van der Waals surface area contributed by atoms with Crippen LogP contribution in [0.15, 0.2) is 24.3 Å². The van der Waals surface area contributed by atoms with Crippen molar-refractivity contribution in [3.05, 3.63) is 45.5 Å².